The minimum absolute atomic E-state index is 0.161. The molecule has 7 nitrogen and oxygen atoms in total. The van der Waals surface area contributed by atoms with E-state index in [1.54, 1.807) is 13.2 Å². The monoisotopic (exact) mass is 519 g/mol. The maximum atomic E-state index is 13.2. The van der Waals surface area contributed by atoms with Gasteiger partial charge in [-0.15, -0.1) is 6.58 Å². The van der Waals surface area contributed by atoms with Gasteiger partial charge in [0.25, 0.3) is 5.91 Å². The quantitative estimate of drug-likeness (QED) is 0.354. The van der Waals surface area contributed by atoms with E-state index in [1.165, 1.54) is 45.5 Å². The summed E-state index contributed by atoms with van der Waals surface area (Å²) in [6.07, 6.45) is 2.43. The SMILES string of the molecule is C=CCn1c(=NC(=O)c2ccc(S(=O)(=O)N3CCc4ccccc4C3)cc2)sc2cc(OC)ccc21. The van der Waals surface area contributed by atoms with Crippen molar-refractivity contribution in [3.05, 3.63) is 101 Å². The van der Waals surface area contributed by atoms with Gasteiger partial charge in [0, 0.05) is 25.2 Å². The van der Waals surface area contributed by atoms with Crippen LogP contribution in [0.15, 0.2) is 89.3 Å². The van der Waals surface area contributed by atoms with Crippen LogP contribution in [0.4, 0.5) is 0 Å². The van der Waals surface area contributed by atoms with E-state index in [2.05, 4.69) is 11.6 Å². The molecule has 1 aromatic heterocycles. The highest BCUT2D eigenvalue weighted by molar-refractivity contribution is 7.89. The molecule has 1 aliphatic rings. The largest absolute Gasteiger partial charge is 0.497 e. The molecule has 0 bridgehead atoms. The molecule has 0 aliphatic carbocycles. The van der Waals surface area contributed by atoms with Crippen LogP contribution in [0, 0.1) is 0 Å². The highest BCUT2D eigenvalue weighted by Gasteiger charge is 2.28. The molecule has 184 valence electrons. The van der Waals surface area contributed by atoms with Gasteiger partial charge in [0.2, 0.25) is 10.0 Å². The van der Waals surface area contributed by atoms with Crippen molar-refractivity contribution in [1.29, 1.82) is 0 Å². The molecule has 0 radical (unpaired) electrons. The number of fused-ring (bicyclic) bond motifs is 2. The van der Waals surface area contributed by atoms with Gasteiger partial charge in [-0.3, -0.25) is 4.79 Å². The van der Waals surface area contributed by atoms with Gasteiger partial charge in [-0.05, 0) is 60.0 Å². The van der Waals surface area contributed by atoms with Gasteiger partial charge in [0.15, 0.2) is 4.80 Å². The summed E-state index contributed by atoms with van der Waals surface area (Å²) in [7, 11) is -2.07. The second kappa shape index (κ2) is 9.85. The second-order valence-electron chi connectivity index (χ2n) is 8.42. The Kier molecular flexibility index (Phi) is 6.61. The van der Waals surface area contributed by atoms with Crippen LogP contribution in [0.1, 0.15) is 21.5 Å². The molecule has 3 aromatic carbocycles. The van der Waals surface area contributed by atoms with Gasteiger partial charge in [-0.1, -0.05) is 41.7 Å². The van der Waals surface area contributed by atoms with Crippen LogP contribution in [0.25, 0.3) is 10.2 Å². The van der Waals surface area contributed by atoms with Gasteiger partial charge >= 0.3 is 0 Å². The molecule has 5 rings (SSSR count). The second-order valence-corrected chi connectivity index (χ2v) is 11.4. The number of methoxy groups -OCH3 is 1. The lowest BCUT2D eigenvalue weighted by molar-refractivity contribution is 0.0997. The van der Waals surface area contributed by atoms with Crippen molar-refractivity contribution in [2.45, 2.75) is 24.4 Å². The van der Waals surface area contributed by atoms with Crippen molar-refractivity contribution >= 4 is 37.5 Å². The summed E-state index contributed by atoms with van der Waals surface area (Å²) in [6.45, 7) is 5.07. The fourth-order valence-electron chi connectivity index (χ4n) is 4.32. The van der Waals surface area contributed by atoms with E-state index >= 15 is 0 Å². The van der Waals surface area contributed by atoms with E-state index in [0.29, 0.717) is 36.4 Å². The average molecular weight is 520 g/mol. The number of nitrogens with zero attached hydrogens (tertiary/aromatic N) is 3. The Morgan fingerprint density at radius 3 is 2.58 bits per heavy atom. The Morgan fingerprint density at radius 1 is 1.11 bits per heavy atom. The summed E-state index contributed by atoms with van der Waals surface area (Å²) in [5, 5.41) is 0. The van der Waals surface area contributed by atoms with Crippen molar-refractivity contribution < 1.29 is 17.9 Å². The summed E-state index contributed by atoms with van der Waals surface area (Å²) < 4.78 is 36.1. The maximum absolute atomic E-state index is 13.2. The predicted molar refractivity (Wildman–Crippen MR) is 141 cm³/mol. The fourth-order valence-corrected chi connectivity index (χ4v) is 6.80. The van der Waals surface area contributed by atoms with Crippen molar-refractivity contribution in [2.75, 3.05) is 13.7 Å². The zero-order valence-corrected chi connectivity index (χ0v) is 21.4. The lowest BCUT2D eigenvalue weighted by Gasteiger charge is -2.28. The van der Waals surface area contributed by atoms with Crippen molar-refractivity contribution in [3.8, 4) is 5.75 Å². The van der Waals surface area contributed by atoms with Crippen LogP contribution in [0.5, 0.6) is 5.75 Å². The van der Waals surface area contributed by atoms with E-state index < -0.39 is 15.9 Å². The molecule has 1 amide bonds. The highest BCUT2D eigenvalue weighted by atomic mass is 32.2. The third kappa shape index (κ3) is 4.53. The van der Waals surface area contributed by atoms with Crippen LogP contribution in [-0.2, 0) is 29.5 Å². The number of benzene rings is 3. The van der Waals surface area contributed by atoms with Crippen LogP contribution in [0.3, 0.4) is 0 Å². The molecule has 0 atom stereocenters. The Bertz CT molecular complexity index is 1630. The number of sulfonamides is 1. The third-order valence-electron chi connectivity index (χ3n) is 6.23. The highest BCUT2D eigenvalue weighted by Crippen LogP contribution is 2.26. The average Bonchev–Trinajstić information content (AvgIpc) is 3.24. The summed E-state index contributed by atoms with van der Waals surface area (Å²) in [5.41, 5.74) is 3.45. The van der Waals surface area contributed by atoms with Crippen LogP contribution in [-0.4, -0.2) is 36.9 Å². The zero-order chi connectivity index (χ0) is 25.3. The first-order valence-electron chi connectivity index (χ1n) is 11.4. The summed E-state index contributed by atoms with van der Waals surface area (Å²) in [4.78, 5) is 18.0. The molecule has 4 aromatic rings. The molecule has 0 saturated heterocycles. The van der Waals surface area contributed by atoms with Gasteiger partial charge in [-0.2, -0.15) is 9.30 Å². The maximum Gasteiger partial charge on any atom is 0.279 e. The first-order chi connectivity index (χ1) is 17.4. The lowest BCUT2D eigenvalue weighted by atomic mass is 10.0. The molecule has 36 heavy (non-hydrogen) atoms. The van der Waals surface area contributed by atoms with Gasteiger partial charge in [0.1, 0.15) is 5.75 Å². The number of hydrogen-bond acceptors (Lipinski definition) is 5. The van der Waals surface area contributed by atoms with Crippen molar-refractivity contribution in [2.24, 2.45) is 4.99 Å². The lowest BCUT2D eigenvalue weighted by Crippen LogP contribution is -2.35. The number of thiazole rings is 1. The summed E-state index contributed by atoms with van der Waals surface area (Å²) >= 11 is 1.38. The molecule has 0 saturated carbocycles. The number of carbonyl (C=O) groups is 1. The molecule has 0 spiro atoms. The predicted octanol–water partition coefficient (Wildman–Crippen LogP) is 4.39. The molecular weight excluding hydrogens is 494 g/mol. The van der Waals surface area contributed by atoms with Gasteiger partial charge in [0.05, 0.1) is 22.2 Å². The summed E-state index contributed by atoms with van der Waals surface area (Å²) in [5.74, 6) is 0.281. The first kappa shape index (κ1) is 24.2. The Morgan fingerprint density at radius 2 is 1.86 bits per heavy atom. The Labute approximate surface area is 213 Å². The number of ether oxygens (including phenoxy) is 1. The molecule has 0 unspecified atom stereocenters. The molecular formula is C27H25N3O4S2. The summed E-state index contributed by atoms with van der Waals surface area (Å²) in [6, 6.07) is 19.6. The number of allylic oxidation sites excluding steroid dienone is 1. The van der Waals surface area contributed by atoms with E-state index in [4.69, 9.17) is 4.74 Å². The van der Waals surface area contributed by atoms with Gasteiger partial charge < -0.3 is 9.30 Å². The van der Waals surface area contributed by atoms with Crippen LogP contribution < -0.4 is 9.54 Å². The zero-order valence-electron chi connectivity index (χ0n) is 19.8. The number of hydrogen-bond donors (Lipinski definition) is 0. The number of amides is 1. The van der Waals surface area contributed by atoms with E-state index in [-0.39, 0.29) is 4.90 Å². The standard InChI is InChI=1S/C27H25N3O4S2/c1-3-15-30-24-13-10-22(34-2)17-25(24)35-27(30)28-26(31)20-8-11-23(12-9-20)36(32,33)29-16-14-19-6-4-5-7-21(19)18-29/h3-13,17H,1,14-16,18H2,2H3. The topological polar surface area (TPSA) is 81.0 Å². The minimum atomic E-state index is -3.68. The number of carbonyl (C=O) groups excluding carboxylic acids is 1. The molecule has 2 heterocycles. The minimum Gasteiger partial charge on any atom is -0.497 e. The smallest absolute Gasteiger partial charge is 0.279 e. The van der Waals surface area contributed by atoms with Crippen LogP contribution >= 0.6 is 11.3 Å². The van der Waals surface area contributed by atoms with Crippen molar-refractivity contribution in [3.63, 3.8) is 0 Å². The molecule has 0 fully saturated rings. The van der Waals surface area contributed by atoms with Crippen LogP contribution in [0.2, 0.25) is 0 Å². The molecule has 1 aliphatic heterocycles. The molecule has 9 heteroatoms. The van der Waals surface area contributed by atoms with E-state index in [1.807, 2.05) is 47.0 Å². The van der Waals surface area contributed by atoms with E-state index in [9.17, 15) is 13.2 Å². The Hall–Kier alpha value is -3.53. The number of rotatable bonds is 6. The Balaban J connectivity index is 1.42. The third-order valence-corrected chi connectivity index (χ3v) is 9.13. The fraction of sp³-hybridized carbons (Fsp3) is 0.185. The van der Waals surface area contributed by atoms with Gasteiger partial charge in [-0.25, -0.2) is 8.42 Å². The first-order valence-corrected chi connectivity index (χ1v) is 13.7. The number of aromatic nitrogens is 1. The normalized spacial score (nSPS) is 14.5. The van der Waals surface area contributed by atoms with Crippen molar-refractivity contribution in [1.82, 2.24) is 8.87 Å². The van der Waals surface area contributed by atoms with E-state index in [0.717, 1.165) is 21.5 Å². The molecule has 0 N–H and O–H groups in total.